The third-order valence-electron chi connectivity index (χ3n) is 3.94. The third kappa shape index (κ3) is 4.79. The maximum atomic E-state index is 13.4. The zero-order valence-corrected chi connectivity index (χ0v) is 14.8. The summed E-state index contributed by atoms with van der Waals surface area (Å²) in [5.74, 6) is -0.457. The van der Waals surface area contributed by atoms with Crippen LogP contribution in [0, 0.1) is 5.82 Å². The van der Waals surface area contributed by atoms with Crippen LogP contribution in [0.25, 0.3) is 0 Å². The van der Waals surface area contributed by atoms with Gasteiger partial charge >= 0.3 is 6.03 Å². The van der Waals surface area contributed by atoms with Crippen LogP contribution in [-0.4, -0.2) is 19.0 Å². The Kier molecular flexibility index (Phi) is 5.41. The predicted molar refractivity (Wildman–Crippen MR) is 97.1 cm³/mol. The van der Waals surface area contributed by atoms with Crippen LogP contribution >= 0.6 is 0 Å². The van der Waals surface area contributed by atoms with E-state index in [1.54, 1.807) is 57.3 Å². The van der Waals surface area contributed by atoms with Crippen molar-refractivity contribution in [3.8, 4) is 0 Å². The quantitative estimate of drug-likeness (QED) is 0.885. The van der Waals surface area contributed by atoms with Gasteiger partial charge in [0.2, 0.25) is 5.91 Å². The molecule has 0 bridgehead atoms. The first-order valence-electron chi connectivity index (χ1n) is 7.88. The van der Waals surface area contributed by atoms with E-state index < -0.39 is 11.6 Å². The van der Waals surface area contributed by atoms with Gasteiger partial charge in [0.1, 0.15) is 5.82 Å². The molecule has 0 saturated carbocycles. The smallest absolute Gasteiger partial charge is 0.319 e. The number of nitrogens with one attached hydrogen (secondary N) is 2. The molecule has 0 fully saturated rings. The predicted octanol–water partition coefficient (Wildman–Crippen LogP) is 3.87. The van der Waals surface area contributed by atoms with Crippen molar-refractivity contribution in [1.82, 2.24) is 5.32 Å². The van der Waals surface area contributed by atoms with E-state index in [1.807, 2.05) is 0 Å². The summed E-state index contributed by atoms with van der Waals surface area (Å²) in [5, 5.41) is 5.56. The summed E-state index contributed by atoms with van der Waals surface area (Å²) in [6.07, 6.45) is 0. The van der Waals surface area contributed by atoms with Crippen LogP contribution in [0.3, 0.4) is 0 Å². The topological polar surface area (TPSA) is 61.4 Å². The number of benzene rings is 2. The third-order valence-corrected chi connectivity index (χ3v) is 3.94. The molecule has 5 nitrogen and oxygen atoms in total. The van der Waals surface area contributed by atoms with E-state index in [0.717, 1.165) is 0 Å². The van der Waals surface area contributed by atoms with E-state index in [2.05, 4.69) is 10.6 Å². The van der Waals surface area contributed by atoms with Crippen molar-refractivity contribution < 1.29 is 14.0 Å². The van der Waals surface area contributed by atoms with E-state index in [9.17, 15) is 14.0 Å². The summed E-state index contributed by atoms with van der Waals surface area (Å²) >= 11 is 0. The Bertz CT molecular complexity index is 790. The number of anilines is 2. The molecule has 0 aromatic heterocycles. The number of nitrogens with zero attached hydrogens (tertiary/aromatic N) is 1. The van der Waals surface area contributed by atoms with Crippen molar-refractivity contribution >= 4 is 23.3 Å². The highest BCUT2D eigenvalue weighted by atomic mass is 19.1. The molecule has 2 rings (SSSR count). The molecule has 2 N–H and O–H groups in total. The molecule has 2 aromatic carbocycles. The number of hydrogen-bond donors (Lipinski definition) is 2. The zero-order chi connectivity index (χ0) is 18.6. The summed E-state index contributed by atoms with van der Waals surface area (Å²) in [6, 6.07) is 12.7. The van der Waals surface area contributed by atoms with Crippen LogP contribution in [0.4, 0.5) is 20.6 Å². The Morgan fingerprint density at radius 1 is 1.08 bits per heavy atom. The average molecular weight is 343 g/mol. The number of amides is 3. The van der Waals surface area contributed by atoms with Crippen molar-refractivity contribution in [3.05, 3.63) is 59.9 Å². The Morgan fingerprint density at radius 2 is 1.76 bits per heavy atom. The fraction of sp³-hybridized carbons (Fsp3) is 0.263. The van der Waals surface area contributed by atoms with Gasteiger partial charge in [0.25, 0.3) is 0 Å². The number of rotatable bonds is 4. The highest BCUT2D eigenvalue weighted by Gasteiger charge is 2.23. The number of hydrogen-bond acceptors (Lipinski definition) is 2. The summed E-state index contributed by atoms with van der Waals surface area (Å²) in [6.45, 7) is 5.05. The largest absolute Gasteiger partial charge is 0.329 e. The minimum Gasteiger partial charge on any atom is -0.329 e. The highest BCUT2D eigenvalue weighted by molar-refractivity contribution is 5.93. The highest BCUT2D eigenvalue weighted by Crippen LogP contribution is 2.22. The normalized spacial score (nSPS) is 10.9. The van der Waals surface area contributed by atoms with E-state index in [0.29, 0.717) is 16.9 Å². The molecule has 132 valence electrons. The Balaban J connectivity index is 2.10. The maximum absolute atomic E-state index is 13.4. The van der Waals surface area contributed by atoms with Gasteiger partial charge in [-0.2, -0.15) is 0 Å². The zero-order valence-electron chi connectivity index (χ0n) is 14.8. The molecule has 0 heterocycles. The van der Waals surface area contributed by atoms with Crippen molar-refractivity contribution in [2.24, 2.45) is 0 Å². The monoisotopic (exact) mass is 343 g/mol. The van der Waals surface area contributed by atoms with Gasteiger partial charge in [-0.05, 0) is 49.7 Å². The van der Waals surface area contributed by atoms with Gasteiger partial charge in [0.15, 0.2) is 0 Å². The van der Waals surface area contributed by atoms with Crippen LogP contribution in [-0.2, 0) is 10.3 Å². The van der Waals surface area contributed by atoms with Gasteiger partial charge in [0, 0.05) is 25.3 Å². The molecule has 0 radical (unpaired) electrons. The average Bonchev–Trinajstić information content (AvgIpc) is 2.53. The molecule has 0 spiro atoms. The van der Waals surface area contributed by atoms with Gasteiger partial charge in [-0.25, -0.2) is 9.18 Å². The molecule has 0 unspecified atom stereocenters. The molecule has 0 aliphatic heterocycles. The minimum atomic E-state index is -0.750. The SMILES string of the molecule is CC(=O)N(C)c1cccc(NC(=O)NC(C)(C)c2cccc(F)c2)c1. The number of carbonyl (C=O) groups is 2. The lowest BCUT2D eigenvalue weighted by molar-refractivity contribution is -0.116. The molecule has 0 atom stereocenters. The van der Waals surface area contributed by atoms with E-state index in [4.69, 9.17) is 0 Å². The molecule has 25 heavy (non-hydrogen) atoms. The van der Waals surface area contributed by atoms with Gasteiger partial charge in [-0.15, -0.1) is 0 Å². The van der Waals surface area contributed by atoms with Crippen LogP contribution in [0.2, 0.25) is 0 Å². The number of carbonyl (C=O) groups excluding carboxylic acids is 2. The molecule has 0 aliphatic carbocycles. The van der Waals surface area contributed by atoms with Crippen LogP contribution < -0.4 is 15.5 Å². The summed E-state index contributed by atoms with van der Waals surface area (Å²) in [5.41, 5.74) is 1.14. The second kappa shape index (κ2) is 7.34. The van der Waals surface area contributed by atoms with E-state index in [-0.39, 0.29) is 11.7 Å². The van der Waals surface area contributed by atoms with Gasteiger partial charge in [-0.3, -0.25) is 4.79 Å². The maximum Gasteiger partial charge on any atom is 0.319 e. The van der Waals surface area contributed by atoms with Crippen molar-refractivity contribution in [1.29, 1.82) is 0 Å². The standard InChI is InChI=1S/C19H22FN3O2/c1-13(24)23(4)17-10-6-9-16(12-17)21-18(25)22-19(2,3)14-7-5-8-15(20)11-14/h5-12H,1-4H3,(H2,21,22,25). The summed E-state index contributed by atoms with van der Waals surface area (Å²) in [4.78, 5) is 25.2. The number of halogens is 1. The molecular weight excluding hydrogens is 321 g/mol. The van der Waals surface area contributed by atoms with Gasteiger partial charge < -0.3 is 15.5 Å². The Hall–Kier alpha value is -2.89. The lowest BCUT2D eigenvalue weighted by Crippen LogP contribution is -2.43. The van der Waals surface area contributed by atoms with Crippen molar-refractivity contribution in [2.75, 3.05) is 17.3 Å². The minimum absolute atomic E-state index is 0.103. The molecule has 6 heteroatoms. The van der Waals surface area contributed by atoms with Crippen molar-refractivity contribution in [2.45, 2.75) is 26.3 Å². The second-order valence-corrected chi connectivity index (χ2v) is 6.34. The van der Waals surface area contributed by atoms with Gasteiger partial charge in [-0.1, -0.05) is 18.2 Å². The Morgan fingerprint density at radius 3 is 2.40 bits per heavy atom. The first kappa shape index (κ1) is 18.4. The van der Waals surface area contributed by atoms with E-state index >= 15 is 0 Å². The lowest BCUT2D eigenvalue weighted by Gasteiger charge is -2.27. The lowest BCUT2D eigenvalue weighted by atomic mass is 9.94. The van der Waals surface area contributed by atoms with Gasteiger partial charge in [0.05, 0.1) is 5.54 Å². The van der Waals surface area contributed by atoms with Crippen LogP contribution in [0.15, 0.2) is 48.5 Å². The summed E-state index contributed by atoms with van der Waals surface area (Å²) in [7, 11) is 1.66. The number of urea groups is 1. The molecule has 2 aromatic rings. The molecule has 0 aliphatic rings. The van der Waals surface area contributed by atoms with Crippen molar-refractivity contribution in [3.63, 3.8) is 0 Å². The Labute approximate surface area is 146 Å². The molecular formula is C19H22FN3O2. The van der Waals surface area contributed by atoms with Crippen LogP contribution in [0.1, 0.15) is 26.3 Å². The first-order chi connectivity index (χ1) is 11.7. The van der Waals surface area contributed by atoms with Crippen LogP contribution in [0.5, 0.6) is 0 Å². The fourth-order valence-corrected chi connectivity index (χ4v) is 2.37. The molecule has 3 amide bonds. The fourth-order valence-electron chi connectivity index (χ4n) is 2.37. The summed E-state index contributed by atoms with van der Waals surface area (Å²) < 4.78 is 13.4. The first-order valence-corrected chi connectivity index (χ1v) is 7.88. The molecule has 0 saturated heterocycles. The van der Waals surface area contributed by atoms with E-state index in [1.165, 1.54) is 24.0 Å². The second-order valence-electron chi connectivity index (χ2n) is 6.34.